The molecule has 5 nitrogen and oxygen atoms in total. The molecule has 0 saturated carbocycles. The number of nitrogens with one attached hydrogen (secondary N) is 1. The Labute approximate surface area is 129 Å². The SMILES string of the molecule is C/C=C/CCn1c(O)c(-c2cccc(Br)c2)c(=O)[nH]c1=O. The first kappa shape index (κ1) is 15.3. The summed E-state index contributed by atoms with van der Waals surface area (Å²) >= 11 is 3.32. The van der Waals surface area contributed by atoms with Crippen LogP contribution in [0.25, 0.3) is 11.1 Å². The van der Waals surface area contributed by atoms with Gasteiger partial charge in [-0.2, -0.15) is 0 Å². The van der Waals surface area contributed by atoms with E-state index < -0.39 is 11.2 Å². The quantitative estimate of drug-likeness (QED) is 0.832. The van der Waals surface area contributed by atoms with Crippen LogP contribution in [0.15, 0.2) is 50.5 Å². The fourth-order valence-electron chi connectivity index (χ4n) is 2.04. The molecule has 0 aliphatic carbocycles. The minimum atomic E-state index is -0.610. The molecule has 0 amide bonds. The van der Waals surface area contributed by atoms with Gasteiger partial charge in [-0.1, -0.05) is 40.2 Å². The summed E-state index contributed by atoms with van der Waals surface area (Å²) in [7, 11) is 0. The van der Waals surface area contributed by atoms with Crippen molar-refractivity contribution in [2.24, 2.45) is 0 Å². The van der Waals surface area contributed by atoms with E-state index in [4.69, 9.17) is 0 Å². The van der Waals surface area contributed by atoms with Gasteiger partial charge in [-0.05, 0) is 31.0 Å². The van der Waals surface area contributed by atoms with Crippen molar-refractivity contribution in [3.8, 4) is 17.0 Å². The van der Waals surface area contributed by atoms with E-state index in [1.165, 1.54) is 0 Å². The fraction of sp³-hybridized carbons (Fsp3) is 0.200. The standard InChI is InChI=1S/C15H15BrN2O3/c1-2-3-4-8-18-14(20)12(13(19)17-15(18)21)10-6-5-7-11(16)9-10/h2-3,5-7,9,20H,4,8H2,1H3,(H,17,19,21)/b3-2+. The summed E-state index contributed by atoms with van der Waals surface area (Å²) in [5.74, 6) is -0.314. The first-order valence-corrected chi connectivity index (χ1v) is 7.27. The summed E-state index contributed by atoms with van der Waals surface area (Å²) in [4.78, 5) is 26.1. The Morgan fingerprint density at radius 1 is 1.38 bits per heavy atom. The first-order chi connectivity index (χ1) is 10.0. The number of H-pyrrole nitrogens is 1. The maximum atomic E-state index is 12.0. The van der Waals surface area contributed by atoms with Gasteiger partial charge < -0.3 is 5.11 Å². The number of hydrogen-bond acceptors (Lipinski definition) is 3. The first-order valence-electron chi connectivity index (χ1n) is 6.47. The van der Waals surface area contributed by atoms with Crippen molar-refractivity contribution in [3.63, 3.8) is 0 Å². The molecule has 0 aliphatic heterocycles. The molecule has 1 aromatic carbocycles. The lowest BCUT2D eigenvalue weighted by Gasteiger charge is -2.10. The maximum Gasteiger partial charge on any atom is 0.331 e. The van der Waals surface area contributed by atoms with Crippen LogP contribution in [0.5, 0.6) is 5.88 Å². The molecule has 21 heavy (non-hydrogen) atoms. The van der Waals surface area contributed by atoms with Gasteiger partial charge in [0.25, 0.3) is 5.56 Å². The predicted octanol–water partition coefficient (Wildman–Crippen LogP) is 2.64. The van der Waals surface area contributed by atoms with Crippen LogP contribution >= 0.6 is 15.9 Å². The Morgan fingerprint density at radius 3 is 2.81 bits per heavy atom. The van der Waals surface area contributed by atoms with Crippen LogP contribution in [0, 0.1) is 0 Å². The number of nitrogens with zero attached hydrogens (tertiary/aromatic N) is 1. The minimum Gasteiger partial charge on any atom is -0.494 e. The molecule has 0 fully saturated rings. The lowest BCUT2D eigenvalue weighted by Crippen LogP contribution is -2.31. The van der Waals surface area contributed by atoms with Gasteiger partial charge in [0.1, 0.15) is 5.56 Å². The highest BCUT2D eigenvalue weighted by Crippen LogP contribution is 2.26. The second kappa shape index (κ2) is 6.58. The van der Waals surface area contributed by atoms with Crippen molar-refractivity contribution in [3.05, 3.63) is 61.7 Å². The highest BCUT2D eigenvalue weighted by atomic mass is 79.9. The molecule has 0 bridgehead atoms. The minimum absolute atomic E-state index is 0.0939. The topological polar surface area (TPSA) is 75.1 Å². The fourth-order valence-corrected chi connectivity index (χ4v) is 2.44. The summed E-state index contributed by atoms with van der Waals surface area (Å²) < 4.78 is 1.95. The Balaban J connectivity index is 2.59. The van der Waals surface area contributed by atoms with Crippen molar-refractivity contribution in [2.75, 3.05) is 0 Å². The molecule has 2 aromatic rings. The molecule has 0 atom stereocenters. The van der Waals surface area contributed by atoms with Crippen LogP contribution in [-0.2, 0) is 6.54 Å². The molecular weight excluding hydrogens is 336 g/mol. The smallest absolute Gasteiger partial charge is 0.331 e. The van der Waals surface area contributed by atoms with Gasteiger partial charge in [0.15, 0.2) is 0 Å². The summed E-state index contributed by atoms with van der Waals surface area (Å²) in [6.45, 7) is 2.18. The van der Waals surface area contributed by atoms with E-state index >= 15 is 0 Å². The number of aromatic hydroxyl groups is 1. The van der Waals surface area contributed by atoms with Crippen molar-refractivity contribution >= 4 is 15.9 Å². The molecule has 0 saturated heterocycles. The third-order valence-corrected chi connectivity index (χ3v) is 3.53. The summed E-state index contributed by atoms with van der Waals surface area (Å²) in [6.07, 6.45) is 4.34. The largest absolute Gasteiger partial charge is 0.494 e. The van der Waals surface area contributed by atoms with Gasteiger partial charge in [-0.15, -0.1) is 0 Å². The van der Waals surface area contributed by atoms with Gasteiger partial charge in [-0.3, -0.25) is 14.3 Å². The average molecular weight is 351 g/mol. The maximum absolute atomic E-state index is 12.0. The van der Waals surface area contributed by atoms with E-state index in [-0.39, 0.29) is 11.4 Å². The van der Waals surface area contributed by atoms with Gasteiger partial charge in [0.2, 0.25) is 5.88 Å². The number of halogens is 1. The average Bonchev–Trinajstić information content (AvgIpc) is 2.42. The van der Waals surface area contributed by atoms with Gasteiger partial charge >= 0.3 is 5.69 Å². The summed E-state index contributed by atoms with van der Waals surface area (Å²) in [5, 5.41) is 10.3. The van der Waals surface area contributed by atoms with Crippen molar-refractivity contribution < 1.29 is 5.11 Å². The van der Waals surface area contributed by atoms with Crippen molar-refractivity contribution in [2.45, 2.75) is 19.9 Å². The molecule has 0 spiro atoms. The van der Waals surface area contributed by atoms with E-state index in [1.807, 2.05) is 25.1 Å². The lowest BCUT2D eigenvalue weighted by molar-refractivity contribution is 0.404. The monoisotopic (exact) mass is 350 g/mol. The second-order valence-corrected chi connectivity index (χ2v) is 5.39. The van der Waals surface area contributed by atoms with E-state index in [9.17, 15) is 14.7 Å². The molecule has 1 heterocycles. The zero-order valence-electron chi connectivity index (χ0n) is 11.5. The molecule has 0 unspecified atom stereocenters. The highest BCUT2D eigenvalue weighted by Gasteiger charge is 2.15. The van der Waals surface area contributed by atoms with Gasteiger partial charge in [0.05, 0.1) is 0 Å². The van der Waals surface area contributed by atoms with Crippen LogP contribution < -0.4 is 11.2 Å². The van der Waals surface area contributed by atoms with Crippen LogP contribution in [0.4, 0.5) is 0 Å². The number of aromatic nitrogens is 2. The normalized spacial score (nSPS) is 11.1. The number of benzene rings is 1. The molecular formula is C15H15BrN2O3. The van der Waals surface area contributed by atoms with Crippen LogP contribution in [-0.4, -0.2) is 14.7 Å². The molecule has 2 rings (SSSR count). The van der Waals surface area contributed by atoms with Crippen LogP contribution in [0.3, 0.4) is 0 Å². The second-order valence-electron chi connectivity index (χ2n) is 4.48. The molecule has 1 aromatic heterocycles. The molecule has 6 heteroatoms. The molecule has 2 N–H and O–H groups in total. The Kier molecular flexibility index (Phi) is 4.80. The molecule has 0 aliphatic rings. The number of rotatable bonds is 4. The predicted molar refractivity (Wildman–Crippen MR) is 85.6 cm³/mol. The van der Waals surface area contributed by atoms with E-state index in [0.717, 1.165) is 9.04 Å². The van der Waals surface area contributed by atoms with Crippen molar-refractivity contribution in [1.29, 1.82) is 0 Å². The summed E-state index contributed by atoms with van der Waals surface area (Å²) in [5.41, 5.74) is -0.571. The van der Waals surface area contributed by atoms with Crippen molar-refractivity contribution in [1.82, 2.24) is 9.55 Å². The lowest BCUT2D eigenvalue weighted by atomic mass is 10.1. The number of hydrogen-bond donors (Lipinski definition) is 2. The zero-order chi connectivity index (χ0) is 15.4. The third kappa shape index (κ3) is 3.33. The van der Waals surface area contributed by atoms with Gasteiger partial charge in [-0.25, -0.2) is 4.79 Å². The van der Waals surface area contributed by atoms with E-state index in [1.54, 1.807) is 18.2 Å². The molecule has 110 valence electrons. The van der Waals surface area contributed by atoms with E-state index in [0.29, 0.717) is 18.5 Å². The highest BCUT2D eigenvalue weighted by molar-refractivity contribution is 9.10. The van der Waals surface area contributed by atoms with Crippen LogP contribution in [0.2, 0.25) is 0 Å². The third-order valence-electron chi connectivity index (χ3n) is 3.04. The zero-order valence-corrected chi connectivity index (χ0v) is 13.1. The van der Waals surface area contributed by atoms with Crippen LogP contribution in [0.1, 0.15) is 13.3 Å². The van der Waals surface area contributed by atoms with E-state index in [2.05, 4.69) is 20.9 Å². The number of aromatic amines is 1. The Morgan fingerprint density at radius 2 is 2.14 bits per heavy atom. The Hall–Kier alpha value is -2.08. The molecule has 0 radical (unpaired) electrons. The van der Waals surface area contributed by atoms with Gasteiger partial charge in [0, 0.05) is 11.0 Å². The number of allylic oxidation sites excluding steroid dienone is 2. The summed E-state index contributed by atoms with van der Waals surface area (Å²) in [6, 6.07) is 6.99. The Bertz CT molecular complexity index is 790.